The highest BCUT2D eigenvalue weighted by molar-refractivity contribution is 7.85. The highest BCUT2D eigenvalue weighted by atomic mass is 32.2. The second-order valence-corrected chi connectivity index (χ2v) is 10.1. The largest absolute Gasteiger partial charge is 0.394 e. The molecule has 4 N–H and O–H groups in total. The first-order valence-electron chi connectivity index (χ1n) is 9.36. The zero-order valence-electron chi connectivity index (χ0n) is 16.8. The molecule has 0 saturated carbocycles. The second-order valence-electron chi connectivity index (χ2n) is 7.56. The Bertz CT molecular complexity index is 1270. The summed E-state index contributed by atoms with van der Waals surface area (Å²) in [5, 5.41) is 27.3. The van der Waals surface area contributed by atoms with Gasteiger partial charge in [0.05, 0.1) is 25.0 Å². The van der Waals surface area contributed by atoms with Gasteiger partial charge in [-0.2, -0.15) is 8.42 Å². The van der Waals surface area contributed by atoms with Crippen LogP contribution in [0.15, 0.2) is 54.6 Å². The van der Waals surface area contributed by atoms with Crippen molar-refractivity contribution in [2.24, 2.45) is 0 Å². The molecule has 0 fully saturated rings. The molecule has 4 aromatic rings. The molecule has 0 aliphatic rings. The number of fused-ring (bicyclic) bond motifs is 5. The number of hydrogen-bond acceptors (Lipinski definition) is 6. The summed E-state index contributed by atoms with van der Waals surface area (Å²) in [6, 6.07) is 19.4. The summed E-state index contributed by atoms with van der Waals surface area (Å²) < 4.78 is 28.4. The maximum absolute atomic E-state index is 9.44. The number of rotatable bonds is 5. The molecule has 0 spiro atoms. The Balaban J connectivity index is 0.000000461. The van der Waals surface area contributed by atoms with E-state index in [9.17, 15) is 18.6 Å². The van der Waals surface area contributed by atoms with Crippen molar-refractivity contribution in [3.8, 4) is 0 Å². The molecule has 0 amide bonds. The van der Waals surface area contributed by atoms with E-state index in [2.05, 4.69) is 59.9 Å². The normalized spacial score (nSPS) is 12.3. The van der Waals surface area contributed by atoms with Gasteiger partial charge in [0.25, 0.3) is 10.1 Å². The van der Waals surface area contributed by atoms with Gasteiger partial charge in [-0.05, 0) is 41.5 Å². The van der Waals surface area contributed by atoms with Crippen molar-refractivity contribution in [1.82, 2.24) is 5.32 Å². The topological polar surface area (TPSA) is 107 Å². The molecular weight excluding hydrogens is 422 g/mol. The summed E-state index contributed by atoms with van der Waals surface area (Å²) in [7, 11) is -3.67. The number of thiophene rings is 1. The Hall–Kier alpha value is -2.07. The highest BCUT2D eigenvalue weighted by Crippen LogP contribution is 2.38. The molecule has 1 heterocycles. The van der Waals surface area contributed by atoms with Crippen LogP contribution in [0.4, 0.5) is 0 Å². The minimum absolute atomic E-state index is 0.0994. The second kappa shape index (κ2) is 8.97. The van der Waals surface area contributed by atoms with E-state index in [1.54, 1.807) is 0 Å². The SMILES string of the molecule is CC(CO)(CO)NCc1ccc2sc3ccc4ccccc4c3c2c1.CS(=O)(=O)O. The Morgan fingerprint density at radius 1 is 0.967 bits per heavy atom. The molecule has 0 atom stereocenters. The third kappa shape index (κ3) is 5.34. The predicted molar refractivity (Wildman–Crippen MR) is 124 cm³/mol. The molecule has 1 aromatic heterocycles. The standard InChI is InChI=1S/C21H21NO2S.CH4O3S/c1-21(12-23,13-24)22-11-14-6-8-18-17(10-14)20-16-5-3-2-4-15(16)7-9-19(20)25-18;1-5(2,3)4/h2-10,22-24H,11-13H2,1H3;1H3,(H,2,3,4). The molecule has 4 rings (SSSR count). The van der Waals surface area contributed by atoms with Gasteiger partial charge in [0.2, 0.25) is 0 Å². The lowest BCUT2D eigenvalue weighted by Gasteiger charge is -2.26. The van der Waals surface area contributed by atoms with Gasteiger partial charge in [-0.15, -0.1) is 11.3 Å². The summed E-state index contributed by atoms with van der Waals surface area (Å²) in [5.41, 5.74) is 0.478. The molecule has 0 unspecified atom stereocenters. The molecule has 160 valence electrons. The third-order valence-corrected chi connectivity index (χ3v) is 5.98. The van der Waals surface area contributed by atoms with Gasteiger partial charge in [-0.1, -0.05) is 36.4 Å². The maximum atomic E-state index is 9.44. The van der Waals surface area contributed by atoms with Gasteiger partial charge in [-0.3, -0.25) is 4.55 Å². The molecule has 30 heavy (non-hydrogen) atoms. The van der Waals surface area contributed by atoms with Crippen molar-refractivity contribution in [2.75, 3.05) is 19.5 Å². The molecular formula is C22H25NO5S2. The lowest BCUT2D eigenvalue weighted by atomic mass is 10.0. The van der Waals surface area contributed by atoms with Crippen molar-refractivity contribution in [3.05, 3.63) is 60.2 Å². The number of aliphatic hydroxyl groups is 2. The van der Waals surface area contributed by atoms with Crippen molar-refractivity contribution in [3.63, 3.8) is 0 Å². The van der Waals surface area contributed by atoms with Gasteiger partial charge in [0.15, 0.2) is 0 Å². The first-order valence-corrected chi connectivity index (χ1v) is 12.0. The van der Waals surface area contributed by atoms with Crippen LogP contribution in [0.2, 0.25) is 0 Å². The summed E-state index contributed by atoms with van der Waals surface area (Å²) in [5.74, 6) is 0. The van der Waals surface area contributed by atoms with Crippen LogP contribution in [0.5, 0.6) is 0 Å². The van der Waals surface area contributed by atoms with E-state index in [0.29, 0.717) is 12.8 Å². The fourth-order valence-corrected chi connectivity index (χ4v) is 4.28. The summed E-state index contributed by atoms with van der Waals surface area (Å²) >= 11 is 1.82. The maximum Gasteiger partial charge on any atom is 0.261 e. The highest BCUT2D eigenvalue weighted by Gasteiger charge is 2.21. The van der Waals surface area contributed by atoms with Crippen LogP contribution < -0.4 is 5.32 Å². The van der Waals surface area contributed by atoms with E-state index < -0.39 is 15.7 Å². The van der Waals surface area contributed by atoms with Crippen molar-refractivity contribution < 1.29 is 23.2 Å². The minimum Gasteiger partial charge on any atom is -0.394 e. The van der Waals surface area contributed by atoms with Crippen LogP contribution >= 0.6 is 11.3 Å². The van der Waals surface area contributed by atoms with Crippen molar-refractivity contribution in [2.45, 2.75) is 19.0 Å². The number of nitrogens with one attached hydrogen (secondary N) is 1. The zero-order valence-corrected chi connectivity index (χ0v) is 18.4. The Morgan fingerprint density at radius 3 is 2.27 bits per heavy atom. The van der Waals surface area contributed by atoms with E-state index in [-0.39, 0.29) is 13.2 Å². The first kappa shape index (κ1) is 22.6. The predicted octanol–water partition coefficient (Wildman–Crippen LogP) is 3.54. The molecule has 8 heteroatoms. The van der Waals surface area contributed by atoms with E-state index in [1.807, 2.05) is 18.3 Å². The summed E-state index contributed by atoms with van der Waals surface area (Å²) in [6.45, 7) is 2.23. The number of hydrogen-bond donors (Lipinski definition) is 4. The van der Waals surface area contributed by atoms with Gasteiger partial charge in [0.1, 0.15) is 0 Å². The summed E-state index contributed by atoms with van der Waals surface area (Å²) in [4.78, 5) is 0. The average Bonchev–Trinajstić information content (AvgIpc) is 3.09. The fourth-order valence-electron chi connectivity index (χ4n) is 3.18. The van der Waals surface area contributed by atoms with Gasteiger partial charge in [-0.25, -0.2) is 0 Å². The Kier molecular flexibility index (Phi) is 6.76. The van der Waals surface area contributed by atoms with Gasteiger partial charge in [0, 0.05) is 26.7 Å². The van der Waals surface area contributed by atoms with E-state index in [0.717, 1.165) is 5.56 Å². The monoisotopic (exact) mass is 447 g/mol. The van der Waals surface area contributed by atoms with Crippen LogP contribution in [0.1, 0.15) is 12.5 Å². The average molecular weight is 448 g/mol. The molecule has 0 radical (unpaired) electrons. The first-order chi connectivity index (χ1) is 14.1. The van der Waals surface area contributed by atoms with E-state index in [4.69, 9.17) is 4.55 Å². The van der Waals surface area contributed by atoms with Crippen LogP contribution in [-0.4, -0.2) is 48.2 Å². The zero-order chi connectivity index (χ0) is 21.9. The molecule has 3 aromatic carbocycles. The molecule has 0 bridgehead atoms. The summed E-state index contributed by atoms with van der Waals surface area (Å²) in [6.07, 6.45) is 0.715. The van der Waals surface area contributed by atoms with Crippen molar-refractivity contribution >= 4 is 52.4 Å². The minimum atomic E-state index is -3.67. The Labute approximate surface area is 179 Å². The van der Waals surface area contributed by atoms with Gasteiger partial charge >= 0.3 is 0 Å². The number of benzene rings is 3. The quantitative estimate of drug-likeness (QED) is 0.349. The van der Waals surface area contributed by atoms with Crippen molar-refractivity contribution in [1.29, 1.82) is 0 Å². The van der Waals surface area contributed by atoms with Gasteiger partial charge < -0.3 is 15.5 Å². The lowest BCUT2D eigenvalue weighted by molar-refractivity contribution is 0.103. The van der Waals surface area contributed by atoms with Crippen LogP contribution in [0.25, 0.3) is 30.9 Å². The third-order valence-electron chi connectivity index (χ3n) is 4.84. The molecule has 0 aliphatic heterocycles. The van der Waals surface area contributed by atoms with Crippen LogP contribution in [0, 0.1) is 0 Å². The Morgan fingerprint density at radius 2 is 1.60 bits per heavy atom. The lowest BCUT2D eigenvalue weighted by Crippen LogP contribution is -2.48. The van der Waals surface area contributed by atoms with E-state index in [1.165, 1.54) is 30.9 Å². The fraction of sp³-hybridized carbons (Fsp3) is 0.273. The molecule has 6 nitrogen and oxygen atoms in total. The smallest absolute Gasteiger partial charge is 0.261 e. The molecule has 0 saturated heterocycles. The van der Waals surface area contributed by atoms with Crippen LogP contribution in [-0.2, 0) is 16.7 Å². The molecule has 0 aliphatic carbocycles. The number of aliphatic hydroxyl groups excluding tert-OH is 2. The van der Waals surface area contributed by atoms with Crippen LogP contribution in [0.3, 0.4) is 0 Å². The van der Waals surface area contributed by atoms with E-state index >= 15 is 0 Å².